The maximum Gasteiger partial charge on any atom is 0.329 e. The molecule has 1 rings (SSSR count). The van der Waals surface area contributed by atoms with Crippen LogP contribution in [0.1, 0.15) is 32.3 Å². The van der Waals surface area contributed by atoms with Gasteiger partial charge in [0.2, 0.25) is 0 Å². The van der Waals surface area contributed by atoms with Crippen LogP contribution in [0, 0.1) is 0 Å². The molecule has 96 valence electrons. The van der Waals surface area contributed by atoms with E-state index in [1.807, 2.05) is 27.0 Å². The summed E-state index contributed by atoms with van der Waals surface area (Å²) >= 11 is 7.51. The van der Waals surface area contributed by atoms with E-state index in [1.54, 1.807) is 11.8 Å². The van der Waals surface area contributed by atoms with Crippen molar-refractivity contribution in [2.45, 2.75) is 38.5 Å². The quantitative estimate of drug-likeness (QED) is 0.857. The first-order valence-corrected chi connectivity index (χ1v) is 7.10. The molecule has 0 radical (unpaired) electrons. The summed E-state index contributed by atoms with van der Waals surface area (Å²) in [6.45, 7) is 6.12. The summed E-state index contributed by atoms with van der Waals surface area (Å²) in [6.07, 6.45) is 1.95. The molecule has 0 amide bonds. The first-order valence-electron chi connectivity index (χ1n) is 5.43. The maximum atomic E-state index is 12.2. The number of halogens is 1. The lowest BCUT2D eigenvalue weighted by Crippen LogP contribution is -2.39. The molecular formula is C11H17ClN2O2S. The Bertz CT molecular complexity index is 507. The molecule has 1 unspecified atom stereocenters. The number of aromatic nitrogens is 2. The zero-order valence-electron chi connectivity index (χ0n) is 10.4. The first-order chi connectivity index (χ1) is 7.88. The Balaban J connectivity index is 3.37. The Morgan fingerprint density at radius 2 is 1.94 bits per heavy atom. The molecule has 0 spiro atoms. The molecule has 0 saturated heterocycles. The van der Waals surface area contributed by atoms with Crippen molar-refractivity contribution in [3.63, 3.8) is 0 Å². The summed E-state index contributed by atoms with van der Waals surface area (Å²) in [5.74, 6) is -0.0114. The van der Waals surface area contributed by atoms with Crippen LogP contribution in [0.25, 0.3) is 0 Å². The summed E-state index contributed by atoms with van der Waals surface area (Å²) in [4.78, 5) is 26.4. The predicted molar refractivity (Wildman–Crippen MR) is 73.4 cm³/mol. The normalized spacial score (nSPS) is 13.1. The second-order valence-electron chi connectivity index (χ2n) is 4.27. The second kappa shape index (κ2) is 5.78. The highest BCUT2D eigenvalue weighted by Crippen LogP contribution is 2.16. The van der Waals surface area contributed by atoms with E-state index in [1.165, 1.54) is 4.57 Å². The fourth-order valence-electron chi connectivity index (χ4n) is 1.56. The van der Waals surface area contributed by atoms with Crippen LogP contribution in [0.5, 0.6) is 0 Å². The topological polar surface area (TPSA) is 54.9 Å². The molecule has 0 saturated carbocycles. The van der Waals surface area contributed by atoms with Gasteiger partial charge in [0.25, 0.3) is 5.56 Å². The number of hydrogen-bond donors (Lipinski definition) is 1. The first kappa shape index (κ1) is 14.4. The van der Waals surface area contributed by atoms with Gasteiger partial charge in [-0.1, -0.05) is 32.4 Å². The van der Waals surface area contributed by atoms with E-state index in [0.717, 1.165) is 0 Å². The summed E-state index contributed by atoms with van der Waals surface area (Å²) in [5, 5.41) is 0.359. The molecule has 0 aromatic carbocycles. The minimum absolute atomic E-state index is 0.0114. The van der Waals surface area contributed by atoms with E-state index < -0.39 is 5.69 Å². The second-order valence-corrected chi connectivity index (χ2v) is 5.93. The highest BCUT2D eigenvalue weighted by Gasteiger charge is 2.16. The summed E-state index contributed by atoms with van der Waals surface area (Å²) < 4.78 is 1.22. The number of nitrogens with one attached hydrogen (secondary N) is 1. The van der Waals surface area contributed by atoms with Gasteiger partial charge in [0.15, 0.2) is 0 Å². The Morgan fingerprint density at radius 1 is 1.35 bits per heavy atom. The Hall–Kier alpha value is -0.680. The van der Waals surface area contributed by atoms with Gasteiger partial charge in [-0.25, -0.2) is 4.79 Å². The highest BCUT2D eigenvalue weighted by atomic mass is 35.5. The third-order valence-corrected chi connectivity index (χ3v) is 3.85. The third kappa shape index (κ3) is 3.16. The number of rotatable bonds is 4. The van der Waals surface area contributed by atoms with Gasteiger partial charge < -0.3 is 0 Å². The van der Waals surface area contributed by atoms with Gasteiger partial charge in [0.1, 0.15) is 5.15 Å². The highest BCUT2D eigenvalue weighted by molar-refractivity contribution is 7.99. The molecule has 1 aromatic rings. The fourth-order valence-corrected chi connectivity index (χ4v) is 2.24. The van der Waals surface area contributed by atoms with Crippen molar-refractivity contribution >= 4 is 23.4 Å². The van der Waals surface area contributed by atoms with E-state index >= 15 is 0 Å². The number of hydrogen-bond acceptors (Lipinski definition) is 3. The average Bonchev–Trinajstić information content (AvgIpc) is 2.22. The predicted octanol–water partition coefficient (Wildman–Crippen LogP) is 2.06. The molecular weight excluding hydrogens is 260 g/mol. The fraction of sp³-hybridized carbons (Fsp3) is 0.636. The Morgan fingerprint density at radius 3 is 2.41 bits per heavy atom. The number of thioether (sulfide) groups is 1. The zero-order valence-corrected chi connectivity index (χ0v) is 12.0. The van der Waals surface area contributed by atoms with Crippen LogP contribution >= 0.6 is 23.4 Å². The van der Waals surface area contributed by atoms with Gasteiger partial charge >= 0.3 is 5.69 Å². The van der Waals surface area contributed by atoms with Crippen LogP contribution in [-0.4, -0.2) is 21.1 Å². The number of aromatic amines is 1. The molecule has 0 fully saturated rings. The Kier molecular flexibility index (Phi) is 4.89. The molecule has 0 aliphatic rings. The van der Waals surface area contributed by atoms with E-state index in [9.17, 15) is 9.59 Å². The van der Waals surface area contributed by atoms with Crippen molar-refractivity contribution in [1.82, 2.24) is 9.55 Å². The van der Waals surface area contributed by atoms with E-state index in [2.05, 4.69) is 4.98 Å². The van der Waals surface area contributed by atoms with Crippen LogP contribution in [0.2, 0.25) is 5.15 Å². The third-order valence-electron chi connectivity index (χ3n) is 2.59. The standard InChI is InChI=1S/C11H17ClN2O2S/c1-6(2)8-9(12)13-11(16)14(10(8)15)5-7(3)17-4/h6-7H,5H2,1-4H3,(H,13,16). The van der Waals surface area contributed by atoms with Crippen molar-refractivity contribution in [2.75, 3.05) is 6.26 Å². The zero-order chi connectivity index (χ0) is 13.2. The molecule has 0 bridgehead atoms. The monoisotopic (exact) mass is 276 g/mol. The molecule has 1 heterocycles. The lowest BCUT2D eigenvalue weighted by atomic mass is 10.1. The molecule has 1 aromatic heterocycles. The number of nitrogens with zero attached hydrogens (tertiary/aromatic N) is 1. The van der Waals surface area contributed by atoms with Crippen molar-refractivity contribution in [2.24, 2.45) is 0 Å². The molecule has 6 heteroatoms. The van der Waals surface area contributed by atoms with Crippen molar-refractivity contribution in [3.05, 3.63) is 31.6 Å². The molecule has 17 heavy (non-hydrogen) atoms. The van der Waals surface area contributed by atoms with Gasteiger partial charge in [0, 0.05) is 11.8 Å². The van der Waals surface area contributed by atoms with Gasteiger partial charge in [-0.15, -0.1) is 0 Å². The van der Waals surface area contributed by atoms with E-state index in [-0.39, 0.29) is 21.9 Å². The van der Waals surface area contributed by atoms with Crippen LogP contribution in [0.4, 0.5) is 0 Å². The minimum Gasteiger partial charge on any atom is -0.297 e. The van der Waals surface area contributed by atoms with Crippen molar-refractivity contribution in [3.8, 4) is 0 Å². The van der Waals surface area contributed by atoms with Gasteiger partial charge in [-0.2, -0.15) is 11.8 Å². The lowest BCUT2D eigenvalue weighted by Gasteiger charge is -2.13. The molecule has 4 nitrogen and oxygen atoms in total. The summed E-state index contributed by atoms with van der Waals surface area (Å²) in [5.41, 5.74) is -0.250. The minimum atomic E-state index is -0.440. The van der Waals surface area contributed by atoms with Crippen LogP contribution < -0.4 is 11.2 Å². The maximum absolute atomic E-state index is 12.2. The number of H-pyrrole nitrogens is 1. The van der Waals surface area contributed by atoms with Crippen molar-refractivity contribution < 1.29 is 0 Å². The van der Waals surface area contributed by atoms with Gasteiger partial charge in [-0.3, -0.25) is 14.3 Å². The van der Waals surface area contributed by atoms with Crippen molar-refractivity contribution in [1.29, 1.82) is 0 Å². The van der Waals surface area contributed by atoms with E-state index in [4.69, 9.17) is 11.6 Å². The van der Waals surface area contributed by atoms with Gasteiger partial charge in [0.05, 0.1) is 5.56 Å². The average molecular weight is 277 g/mol. The molecule has 0 aliphatic carbocycles. The SMILES string of the molecule is CSC(C)Cn1c(=O)[nH]c(Cl)c(C(C)C)c1=O. The lowest BCUT2D eigenvalue weighted by molar-refractivity contribution is 0.610. The molecule has 0 aliphatic heterocycles. The Labute approximate surface area is 109 Å². The summed E-state index contributed by atoms with van der Waals surface area (Å²) in [6, 6.07) is 0. The van der Waals surface area contributed by atoms with Crippen LogP contribution in [0.15, 0.2) is 9.59 Å². The summed E-state index contributed by atoms with van der Waals surface area (Å²) in [7, 11) is 0. The largest absolute Gasteiger partial charge is 0.329 e. The molecule has 1 atom stereocenters. The smallest absolute Gasteiger partial charge is 0.297 e. The van der Waals surface area contributed by atoms with Gasteiger partial charge in [-0.05, 0) is 12.2 Å². The molecule has 1 N–H and O–H groups in total. The van der Waals surface area contributed by atoms with Crippen LogP contribution in [0.3, 0.4) is 0 Å². The van der Waals surface area contributed by atoms with Crippen LogP contribution in [-0.2, 0) is 6.54 Å². The van der Waals surface area contributed by atoms with E-state index in [0.29, 0.717) is 12.1 Å².